The van der Waals surface area contributed by atoms with Gasteiger partial charge >= 0.3 is 5.69 Å². The molecule has 0 aliphatic rings. The molecule has 1 amide bonds. The molecule has 23 heavy (non-hydrogen) atoms. The fourth-order valence-corrected chi connectivity index (χ4v) is 2.64. The number of rotatable bonds is 6. The van der Waals surface area contributed by atoms with Gasteiger partial charge in [-0.1, -0.05) is 13.3 Å². The molecule has 0 aliphatic carbocycles. The first kappa shape index (κ1) is 17.0. The third-order valence-electron chi connectivity index (χ3n) is 3.93. The number of carbonyl (C=O) groups excluding carboxylic acids is 1. The molecule has 0 radical (unpaired) electrons. The maximum absolute atomic E-state index is 12.3. The van der Waals surface area contributed by atoms with Crippen LogP contribution in [0.5, 0.6) is 0 Å². The molecule has 1 unspecified atom stereocenters. The molecule has 1 atom stereocenters. The summed E-state index contributed by atoms with van der Waals surface area (Å²) in [6.07, 6.45) is 3.69. The number of nitrogens with zero attached hydrogens (tertiary/aromatic N) is 4. The van der Waals surface area contributed by atoms with E-state index in [1.165, 1.54) is 17.9 Å². The number of carbonyl (C=O) groups is 1. The number of fused-ring (bicyclic) bond motifs is 1. The van der Waals surface area contributed by atoms with Crippen LogP contribution in [-0.2, 0) is 25.4 Å². The molecule has 2 aromatic heterocycles. The lowest BCUT2D eigenvalue weighted by atomic mass is 10.2. The van der Waals surface area contributed by atoms with Crippen molar-refractivity contribution in [3.05, 3.63) is 27.2 Å². The van der Waals surface area contributed by atoms with E-state index in [9.17, 15) is 14.4 Å². The van der Waals surface area contributed by atoms with Crippen LogP contribution >= 0.6 is 0 Å². The number of nitrogens with one attached hydrogen (secondary N) is 1. The van der Waals surface area contributed by atoms with Gasteiger partial charge in [0, 0.05) is 33.1 Å². The van der Waals surface area contributed by atoms with Gasteiger partial charge in [0.1, 0.15) is 0 Å². The van der Waals surface area contributed by atoms with Crippen molar-refractivity contribution in [3.8, 4) is 0 Å². The zero-order valence-electron chi connectivity index (χ0n) is 14.0. The Bertz CT molecular complexity index is 830. The zero-order chi connectivity index (χ0) is 17.1. The molecule has 8 nitrogen and oxygen atoms in total. The van der Waals surface area contributed by atoms with Crippen LogP contribution in [0.2, 0.25) is 0 Å². The van der Waals surface area contributed by atoms with Crippen molar-refractivity contribution >= 4 is 17.1 Å². The van der Waals surface area contributed by atoms with E-state index in [2.05, 4.69) is 17.2 Å². The Morgan fingerprint density at radius 3 is 2.65 bits per heavy atom. The number of aromatic nitrogens is 4. The van der Waals surface area contributed by atoms with Crippen LogP contribution in [0.3, 0.4) is 0 Å². The molecule has 0 bridgehead atoms. The summed E-state index contributed by atoms with van der Waals surface area (Å²) >= 11 is 0. The van der Waals surface area contributed by atoms with Crippen LogP contribution in [0, 0.1) is 0 Å². The molecule has 0 aliphatic heterocycles. The standard InChI is InChI=1S/C15H23N5O3/c1-5-6-10(2)17-11(21)7-8-20-9-16-13-12(20)14(22)19(4)15(23)18(13)3/h9-10H,5-8H2,1-4H3,(H,17,21). The van der Waals surface area contributed by atoms with Gasteiger partial charge in [0.2, 0.25) is 5.91 Å². The molecule has 126 valence electrons. The number of amides is 1. The summed E-state index contributed by atoms with van der Waals surface area (Å²) in [5.41, 5.74) is -0.152. The third kappa shape index (κ3) is 3.35. The van der Waals surface area contributed by atoms with E-state index in [-0.39, 0.29) is 18.4 Å². The summed E-state index contributed by atoms with van der Waals surface area (Å²) in [5, 5.41) is 2.93. The fraction of sp³-hybridized carbons (Fsp3) is 0.600. The Morgan fingerprint density at radius 2 is 2.00 bits per heavy atom. The van der Waals surface area contributed by atoms with Gasteiger partial charge in [-0.3, -0.25) is 18.7 Å². The minimum Gasteiger partial charge on any atom is -0.354 e. The smallest absolute Gasteiger partial charge is 0.332 e. The van der Waals surface area contributed by atoms with Crippen LogP contribution in [-0.4, -0.2) is 30.6 Å². The van der Waals surface area contributed by atoms with Crippen LogP contribution in [0.15, 0.2) is 15.9 Å². The van der Waals surface area contributed by atoms with Crippen LogP contribution in [0.4, 0.5) is 0 Å². The quantitative estimate of drug-likeness (QED) is 0.818. The summed E-state index contributed by atoms with van der Waals surface area (Å²) in [6, 6.07) is 0.140. The Balaban J connectivity index is 2.21. The zero-order valence-corrected chi connectivity index (χ0v) is 14.0. The van der Waals surface area contributed by atoms with Crippen molar-refractivity contribution in [1.82, 2.24) is 24.0 Å². The second-order valence-corrected chi connectivity index (χ2v) is 5.82. The molecule has 0 saturated carbocycles. The molecular weight excluding hydrogens is 298 g/mol. The van der Waals surface area contributed by atoms with Gasteiger partial charge < -0.3 is 9.88 Å². The van der Waals surface area contributed by atoms with Crippen LogP contribution < -0.4 is 16.6 Å². The summed E-state index contributed by atoms with van der Waals surface area (Å²) in [5.74, 6) is -0.0607. The molecule has 0 spiro atoms. The first-order valence-electron chi connectivity index (χ1n) is 7.77. The molecule has 2 heterocycles. The van der Waals surface area contributed by atoms with E-state index in [0.717, 1.165) is 17.4 Å². The molecule has 0 aromatic carbocycles. The van der Waals surface area contributed by atoms with Crippen molar-refractivity contribution in [3.63, 3.8) is 0 Å². The van der Waals surface area contributed by atoms with Gasteiger partial charge in [0.25, 0.3) is 5.56 Å². The van der Waals surface area contributed by atoms with Gasteiger partial charge in [0.05, 0.1) is 6.33 Å². The SMILES string of the molecule is CCCC(C)NC(=O)CCn1cnc2c1c(=O)n(C)c(=O)n2C. The molecule has 8 heteroatoms. The lowest BCUT2D eigenvalue weighted by Crippen LogP contribution is -2.37. The lowest BCUT2D eigenvalue weighted by Gasteiger charge is -2.13. The number of hydrogen-bond donors (Lipinski definition) is 1. The Hall–Kier alpha value is -2.38. The molecular formula is C15H23N5O3. The summed E-state index contributed by atoms with van der Waals surface area (Å²) in [7, 11) is 3.00. The van der Waals surface area contributed by atoms with Gasteiger partial charge in [-0.25, -0.2) is 9.78 Å². The van der Waals surface area contributed by atoms with Crippen molar-refractivity contribution in [1.29, 1.82) is 0 Å². The minimum absolute atomic E-state index is 0.0607. The van der Waals surface area contributed by atoms with Crippen LogP contribution in [0.1, 0.15) is 33.1 Å². The van der Waals surface area contributed by atoms with Gasteiger partial charge in [-0.05, 0) is 13.3 Å². The predicted molar refractivity (Wildman–Crippen MR) is 87.3 cm³/mol. The molecule has 2 aromatic rings. The van der Waals surface area contributed by atoms with E-state index in [0.29, 0.717) is 17.7 Å². The average molecular weight is 321 g/mol. The molecule has 0 saturated heterocycles. The Labute approximate surface area is 133 Å². The highest BCUT2D eigenvalue weighted by molar-refractivity contribution is 5.76. The average Bonchev–Trinajstić information content (AvgIpc) is 2.93. The van der Waals surface area contributed by atoms with E-state index in [4.69, 9.17) is 0 Å². The topological polar surface area (TPSA) is 90.9 Å². The van der Waals surface area contributed by atoms with E-state index < -0.39 is 11.2 Å². The second kappa shape index (κ2) is 6.80. The first-order chi connectivity index (χ1) is 10.9. The largest absolute Gasteiger partial charge is 0.354 e. The maximum Gasteiger partial charge on any atom is 0.332 e. The highest BCUT2D eigenvalue weighted by Gasteiger charge is 2.15. The van der Waals surface area contributed by atoms with E-state index >= 15 is 0 Å². The monoisotopic (exact) mass is 321 g/mol. The summed E-state index contributed by atoms with van der Waals surface area (Å²) < 4.78 is 4.00. The van der Waals surface area contributed by atoms with Gasteiger partial charge in [0.15, 0.2) is 11.2 Å². The first-order valence-corrected chi connectivity index (χ1v) is 7.77. The molecule has 2 rings (SSSR count). The molecule has 0 fully saturated rings. The number of imidazole rings is 1. The van der Waals surface area contributed by atoms with Crippen molar-refractivity contribution in [2.24, 2.45) is 14.1 Å². The normalized spacial score (nSPS) is 12.5. The number of aryl methyl sites for hydroxylation is 2. The number of hydrogen-bond acceptors (Lipinski definition) is 4. The summed E-state index contributed by atoms with van der Waals surface area (Å²) in [4.78, 5) is 40.2. The third-order valence-corrected chi connectivity index (χ3v) is 3.93. The Morgan fingerprint density at radius 1 is 1.30 bits per heavy atom. The van der Waals surface area contributed by atoms with Crippen molar-refractivity contribution in [2.75, 3.05) is 0 Å². The van der Waals surface area contributed by atoms with Gasteiger partial charge in [-0.15, -0.1) is 0 Å². The van der Waals surface area contributed by atoms with Gasteiger partial charge in [-0.2, -0.15) is 0 Å². The maximum atomic E-state index is 12.3. The minimum atomic E-state index is -0.418. The Kier molecular flexibility index (Phi) is 5.02. The molecule has 1 N–H and O–H groups in total. The van der Waals surface area contributed by atoms with E-state index in [1.807, 2.05) is 6.92 Å². The summed E-state index contributed by atoms with van der Waals surface area (Å²) in [6.45, 7) is 4.38. The predicted octanol–water partition coefficient (Wildman–Crippen LogP) is 0.129. The highest BCUT2D eigenvalue weighted by atomic mass is 16.2. The van der Waals surface area contributed by atoms with Crippen molar-refractivity contribution < 1.29 is 4.79 Å². The lowest BCUT2D eigenvalue weighted by molar-refractivity contribution is -0.121. The fourth-order valence-electron chi connectivity index (χ4n) is 2.64. The highest BCUT2D eigenvalue weighted by Crippen LogP contribution is 2.06. The van der Waals surface area contributed by atoms with E-state index in [1.54, 1.807) is 11.6 Å². The second-order valence-electron chi connectivity index (χ2n) is 5.82. The van der Waals surface area contributed by atoms with Crippen LogP contribution in [0.25, 0.3) is 11.2 Å². The van der Waals surface area contributed by atoms with Crippen molar-refractivity contribution in [2.45, 2.75) is 45.7 Å².